The summed E-state index contributed by atoms with van der Waals surface area (Å²) in [5, 5.41) is 4.44. The lowest BCUT2D eigenvalue weighted by Gasteiger charge is -2.33. The number of likely N-dealkylation sites (N-methyl/N-ethyl adjacent to an activating group) is 1. The number of carbonyl (C=O) groups excluding carboxylic acids is 1. The van der Waals surface area contributed by atoms with Crippen molar-refractivity contribution in [2.75, 3.05) is 26.7 Å². The van der Waals surface area contributed by atoms with Crippen molar-refractivity contribution in [1.82, 2.24) is 15.1 Å². The number of nitrogens with one attached hydrogen (secondary N) is 1. The number of hydrogen-bond acceptors (Lipinski definition) is 2. The third-order valence-corrected chi connectivity index (χ3v) is 6.27. The van der Waals surface area contributed by atoms with E-state index in [1.165, 1.54) is 11.1 Å². The van der Waals surface area contributed by atoms with Crippen molar-refractivity contribution in [3.05, 3.63) is 68.7 Å². The average molecular weight is 418 g/mol. The Kier molecular flexibility index (Phi) is 5.81. The van der Waals surface area contributed by atoms with E-state index in [1.807, 2.05) is 17.0 Å². The molecular formula is C22H25Cl2N3O. The van der Waals surface area contributed by atoms with Gasteiger partial charge in [-0.25, -0.2) is 4.79 Å². The maximum atomic E-state index is 12.2. The molecule has 148 valence electrons. The van der Waals surface area contributed by atoms with Gasteiger partial charge < -0.3 is 15.1 Å². The van der Waals surface area contributed by atoms with Crippen molar-refractivity contribution in [2.24, 2.45) is 0 Å². The predicted molar refractivity (Wildman–Crippen MR) is 114 cm³/mol. The molecule has 2 aliphatic heterocycles. The molecule has 0 saturated carbocycles. The monoisotopic (exact) mass is 417 g/mol. The summed E-state index contributed by atoms with van der Waals surface area (Å²) in [6, 6.07) is 12.4. The lowest BCUT2D eigenvalue weighted by atomic mass is 9.84. The molecule has 0 spiro atoms. The van der Waals surface area contributed by atoms with Crippen LogP contribution >= 0.6 is 23.2 Å². The van der Waals surface area contributed by atoms with Gasteiger partial charge in [-0.15, -0.1) is 0 Å². The van der Waals surface area contributed by atoms with E-state index >= 15 is 0 Å². The fraction of sp³-hybridized carbons (Fsp3) is 0.409. The van der Waals surface area contributed by atoms with Crippen LogP contribution in [0.2, 0.25) is 10.0 Å². The minimum absolute atomic E-state index is 0.0358. The Morgan fingerprint density at radius 3 is 2.57 bits per heavy atom. The zero-order valence-corrected chi connectivity index (χ0v) is 17.6. The van der Waals surface area contributed by atoms with Gasteiger partial charge in [-0.05, 0) is 54.3 Å². The Labute approximate surface area is 176 Å². The van der Waals surface area contributed by atoms with E-state index in [4.69, 9.17) is 23.2 Å². The highest BCUT2D eigenvalue weighted by molar-refractivity contribution is 6.35. The number of likely N-dealkylation sites (tertiary alicyclic amines) is 1. The molecule has 2 aromatic rings. The zero-order valence-electron chi connectivity index (χ0n) is 16.0. The molecule has 1 fully saturated rings. The van der Waals surface area contributed by atoms with E-state index in [2.05, 4.69) is 41.5 Å². The predicted octanol–water partition coefficient (Wildman–Crippen LogP) is 4.88. The van der Waals surface area contributed by atoms with E-state index in [0.29, 0.717) is 11.6 Å². The SMILES string of the molecule is CN1Cc2c(Cl)cc(Cl)cc2C(c2ccc(CNC(=O)N3CCCC3)cc2)C1. The van der Waals surface area contributed by atoms with Crippen molar-refractivity contribution in [2.45, 2.75) is 31.8 Å². The first kappa shape index (κ1) is 19.6. The summed E-state index contributed by atoms with van der Waals surface area (Å²) in [5.74, 6) is 0.234. The molecule has 6 heteroatoms. The Bertz CT molecular complexity index is 863. The van der Waals surface area contributed by atoms with E-state index in [9.17, 15) is 4.79 Å². The van der Waals surface area contributed by atoms with Gasteiger partial charge in [0.25, 0.3) is 0 Å². The molecule has 4 nitrogen and oxygen atoms in total. The number of carbonyl (C=O) groups is 1. The van der Waals surface area contributed by atoms with Crippen molar-refractivity contribution >= 4 is 29.2 Å². The summed E-state index contributed by atoms with van der Waals surface area (Å²) in [4.78, 5) is 16.3. The van der Waals surface area contributed by atoms with Crippen molar-refractivity contribution in [1.29, 1.82) is 0 Å². The summed E-state index contributed by atoms with van der Waals surface area (Å²) in [6.45, 7) is 4.04. The highest BCUT2D eigenvalue weighted by Crippen LogP contribution is 2.38. The third kappa shape index (κ3) is 4.14. The molecule has 4 rings (SSSR count). The maximum absolute atomic E-state index is 12.2. The highest BCUT2D eigenvalue weighted by atomic mass is 35.5. The van der Waals surface area contributed by atoms with Crippen LogP contribution in [0, 0.1) is 0 Å². The summed E-state index contributed by atoms with van der Waals surface area (Å²) in [6.07, 6.45) is 2.21. The van der Waals surface area contributed by atoms with Gasteiger partial charge in [0.2, 0.25) is 0 Å². The molecule has 0 aliphatic carbocycles. The quantitative estimate of drug-likeness (QED) is 0.772. The topological polar surface area (TPSA) is 35.6 Å². The molecule has 2 heterocycles. The first-order valence-electron chi connectivity index (χ1n) is 9.79. The Morgan fingerprint density at radius 2 is 1.86 bits per heavy atom. The van der Waals surface area contributed by atoms with Crippen LogP contribution < -0.4 is 5.32 Å². The first-order valence-corrected chi connectivity index (χ1v) is 10.5. The Morgan fingerprint density at radius 1 is 1.14 bits per heavy atom. The van der Waals surface area contributed by atoms with E-state index < -0.39 is 0 Å². The molecule has 0 aromatic heterocycles. The average Bonchev–Trinajstić information content (AvgIpc) is 3.22. The minimum Gasteiger partial charge on any atom is -0.334 e. The van der Waals surface area contributed by atoms with Gasteiger partial charge in [-0.3, -0.25) is 0 Å². The molecule has 1 unspecified atom stereocenters. The lowest BCUT2D eigenvalue weighted by Crippen LogP contribution is -2.37. The Hall–Kier alpha value is -1.75. The van der Waals surface area contributed by atoms with E-state index in [-0.39, 0.29) is 11.9 Å². The molecule has 0 radical (unpaired) electrons. The second-order valence-corrected chi connectivity index (χ2v) is 8.64. The highest BCUT2D eigenvalue weighted by Gasteiger charge is 2.27. The standard InChI is InChI=1S/C22H25Cl2N3O/c1-26-13-19(18-10-17(23)11-21(24)20(18)14-26)16-6-4-15(5-7-16)12-25-22(28)27-8-2-3-9-27/h4-7,10-11,19H,2-3,8-9,12-14H2,1H3,(H,25,28). The first-order chi connectivity index (χ1) is 13.5. The van der Waals surface area contributed by atoms with Crippen LogP contribution in [0.25, 0.3) is 0 Å². The van der Waals surface area contributed by atoms with Gasteiger partial charge in [0, 0.05) is 48.7 Å². The molecule has 1 saturated heterocycles. The Balaban J connectivity index is 1.49. The van der Waals surface area contributed by atoms with Crippen LogP contribution in [0.4, 0.5) is 4.79 Å². The second-order valence-electron chi connectivity index (χ2n) is 7.80. The van der Waals surface area contributed by atoms with Gasteiger partial charge >= 0.3 is 6.03 Å². The van der Waals surface area contributed by atoms with Gasteiger partial charge in [0.1, 0.15) is 0 Å². The number of fused-ring (bicyclic) bond motifs is 1. The van der Waals surface area contributed by atoms with Crippen molar-refractivity contribution < 1.29 is 4.79 Å². The van der Waals surface area contributed by atoms with Crippen LogP contribution in [-0.2, 0) is 13.1 Å². The van der Waals surface area contributed by atoms with Crippen molar-refractivity contribution in [3.63, 3.8) is 0 Å². The minimum atomic E-state index is 0.0358. The van der Waals surface area contributed by atoms with E-state index in [1.54, 1.807) is 0 Å². The molecule has 0 bridgehead atoms. The summed E-state index contributed by atoms with van der Waals surface area (Å²) >= 11 is 12.7. The zero-order chi connectivity index (χ0) is 19.7. The van der Waals surface area contributed by atoms with Gasteiger partial charge in [0.05, 0.1) is 0 Å². The second kappa shape index (κ2) is 8.32. The van der Waals surface area contributed by atoms with Crippen molar-refractivity contribution in [3.8, 4) is 0 Å². The fourth-order valence-electron chi connectivity index (χ4n) is 4.21. The molecular weight excluding hydrogens is 393 g/mol. The molecule has 1 N–H and O–H groups in total. The van der Waals surface area contributed by atoms with Crippen LogP contribution in [0.3, 0.4) is 0 Å². The molecule has 2 amide bonds. The van der Waals surface area contributed by atoms with E-state index in [0.717, 1.165) is 55.2 Å². The van der Waals surface area contributed by atoms with Crippen LogP contribution in [-0.4, -0.2) is 42.5 Å². The van der Waals surface area contributed by atoms with Crippen LogP contribution in [0.15, 0.2) is 36.4 Å². The lowest BCUT2D eigenvalue weighted by molar-refractivity contribution is 0.208. The molecule has 28 heavy (non-hydrogen) atoms. The van der Waals surface area contributed by atoms with Gasteiger partial charge in [0.15, 0.2) is 0 Å². The number of hydrogen-bond donors (Lipinski definition) is 1. The molecule has 2 aromatic carbocycles. The van der Waals surface area contributed by atoms with Gasteiger partial charge in [-0.2, -0.15) is 0 Å². The normalized spacial score (nSPS) is 19.5. The van der Waals surface area contributed by atoms with Crippen LogP contribution in [0.1, 0.15) is 41.0 Å². The number of amides is 2. The smallest absolute Gasteiger partial charge is 0.317 e. The summed E-state index contributed by atoms with van der Waals surface area (Å²) in [5.41, 5.74) is 4.71. The summed E-state index contributed by atoms with van der Waals surface area (Å²) in [7, 11) is 2.11. The van der Waals surface area contributed by atoms with Gasteiger partial charge in [-0.1, -0.05) is 47.5 Å². The van der Waals surface area contributed by atoms with Crippen LogP contribution in [0.5, 0.6) is 0 Å². The molecule has 2 aliphatic rings. The largest absolute Gasteiger partial charge is 0.334 e. The number of benzene rings is 2. The maximum Gasteiger partial charge on any atom is 0.317 e. The summed E-state index contributed by atoms with van der Waals surface area (Å²) < 4.78 is 0. The number of urea groups is 1. The number of nitrogens with zero attached hydrogens (tertiary/aromatic N) is 2. The fourth-order valence-corrected chi connectivity index (χ4v) is 4.78. The number of halogens is 2. The third-order valence-electron chi connectivity index (χ3n) is 5.71. The molecule has 1 atom stereocenters. The number of rotatable bonds is 3.